The fourth-order valence-corrected chi connectivity index (χ4v) is 2.08. The molecular weight excluding hydrogens is 275 g/mol. The summed E-state index contributed by atoms with van der Waals surface area (Å²) in [5, 5.41) is 0. The van der Waals surface area contributed by atoms with E-state index in [9.17, 15) is 0 Å². The van der Waals surface area contributed by atoms with E-state index < -0.39 is 0 Å². The molecule has 1 rings (SSSR count). The summed E-state index contributed by atoms with van der Waals surface area (Å²) < 4.78 is 0.256. The van der Waals surface area contributed by atoms with Crippen LogP contribution in [0.2, 0.25) is 0 Å². The molecule has 5 heteroatoms. The van der Waals surface area contributed by atoms with E-state index in [2.05, 4.69) is 0 Å². The Bertz CT molecular complexity index is 452. The van der Waals surface area contributed by atoms with Crippen molar-refractivity contribution in [3.05, 3.63) is 40.4 Å². The van der Waals surface area contributed by atoms with Gasteiger partial charge in [0.2, 0.25) is 0 Å². The molecule has 0 aliphatic rings. The highest BCUT2D eigenvalue weighted by Gasteiger charge is 1.98. The number of hydrogen-bond acceptors (Lipinski definition) is 3. The van der Waals surface area contributed by atoms with Crippen LogP contribution in [0, 0.1) is 0 Å². The second-order valence-electron chi connectivity index (χ2n) is 3.55. The molecule has 0 fully saturated rings. The van der Waals surface area contributed by atoms with Crippen LogP contribution in [-0.4, -0.2) is 5.75 Å². The predicted octanol–water partition coefficient (Wildman–Crippen LogP) is 4.21. The van der Waals surface area contributed by atoms with Gasteiger partial charge in [-0.15, -0.1) is 11.8 Å². The maximum Gasteiger partial charge on any atom is 0.106 e. The van der Waals surface area contributed by atoms with Gasteiger partial charge in [0.05, 0.1) is 11.4 Å². The van der Waals surface area contributed by atoms with Crippen molar-refractivity contribution >= 4 is 46.3 Å². The summed E-state index contributed by atoms with van der Waals surface area (Å²) >= 11 is 12.7. The molecule has 0 atom stereocenters. The topological polar surface area (TPSA) is 52.0 Å². The summed E-state index contributed by atoms with van der Waals surface area (Å²) in [7, 11) is 0. The number of nitrogens with two attached hydrogens (primary N) is 2. The van der Waals surface area contributed by atoms with Crippen LogP contribution in [0.1, 0.15) is 6.92 Å². The van der Waals surface area contributed by atoms with Gasteiger partial charge < -0.3 is 11.5 Å². The van der Waals surface area contributed by atoms with Crippen molar-refractivity contribution in [3.8, 4) is 0 Å². The standard InChI is InChI=1S/C12H14Cl2N2S/c1-8(2-5-12(13)14)7-17-9-3-4-10(15)11(16)6-9/h2-6H,7,15-16H2,1H3. The first-order valence-corrected chi connectivity index (χ1v) is 6.69. The molecule has 1 aromatic rings. The van der Waals surface area contributed by atoms with Crippen molar-refractivity contribution < 1.29 is 0 Å². The monoisotopic (exact) mass is 288 g/mol. The Kier molecular flexibility index (Phi) is 5.75. The lowest BCUT2D eigenvalue weighted by Crippen LogP contribution is -1.94. The third kappa shape index (κ3) is 5.39. The molecule has 0 radical (unpaired) electrons. The lowest BCUT2D eigenvalue weighted by Gasteiger charge is -2.04. The van der Waals surface area contributed by atoms with Crippen molar-refractivity contribution in [2.45, 2.75) is 11.8 Å². The quantitative estimate of drug-likeness (QED) is 0.496. The Morgan fingerprint density at radius 2 is 1.94 bits per heavy atom. The molecule has 0 spiro atoms. The lowest BCUT2D eigenvalue weighted by molar-refractivity contribution is 1.38. The number of rotatable bonds is 4. The molecular formula is C12H14Cl2N2S. The van der Waals surface area contributed by atoms with Gasteiger partial charge in [-0.2, -0.15) is 0 Å². The normalized spacial score (nSPS) is 11.4. The minimum atomic E-state index is 0.256. The second-order valence-corrected chi connectivity index (χ2v) is 5.61. The van der Waals surface area contributed by atoms with Crippen molar-refractivity contribution in [1.29, 1.82) is 0 Å². The minimum Gasteiger partial charge on any atom is -0.397 e. The van der Waals surface area contributed by atoms with Crippen LogP contribution in [-0.2, 0) is 0 Å². The molecule has 0 saturated heterocycles. The highest BCUT2D eigenvalue weighted by molar-refractivity contribution is 7.99. The first kappa shape index (κ1) is 14.3. The summed E-state index contributed by atoms with van der Waals surface area (Å²) in [6.07, 6.45) is 3.55. The van der Waals surface area contributed by atoms with Crippen LogP contribution < -0.4 is 11.5 Å². The van der Waals surface area contributed by atoms with Crippen LogP contribution in [0.25, 0.3) is 0 Å². The average molecular weight is 289 g/mol. The maximum absolute atomic E-state index is 5.73. The molecule has 0 aromatic heterocycles. The molecule has 2 nitrogen and oxygen atoms in total. The first-order chi connectivity index (χ1) is 7.99. The number of halogens is 2. The summed E-state index contributed by atoms with van der Waals surface area (Å²) in [4.78, 5) is 1.09. The maximum atomic E-state index is 5.73. The number of allylic oxidation sites excluding steroid dienone is 2. The van der Waals surface area contributed by atoms with Gasteiger partial charge in [0, 0.05) is 10.6 Å². The van der Waals surface area contributed by atoms with Crippen LogP contribution in [0.3, 0.4) is 0 Å². The highest BCUT2D eigenvalue weighted by atomic mass is 35.5. The van der Waals surface area contributed by atoms with E-state index in [4.69, 9.17) is 34.7 Å². The number of thioether (sulfide) groups is 1. The summed E-state index contributed by atoms with van der Waals surface area (Å²) in [6.45, 7) is 2.01. The molecule has 0 bridgehead atoms. The van der Waals surface area contributed by atoms with Gasteiger partial charge in [-0.05, 0) is 31.2 Å². The first-order valence-electron chi connectivity index (χ1n) is 4.95. The molecule has 17 heavy (non-hydrogen) atoms. The Balaban J connectivity index is 2.59. The molecule has 0 aliphatic carbocycles. The average Bonchev–Trinajstić information content (AvgIpc) is 2.28. The van der Waals surface area contributed by atoms with Crippen molar-refractivity contribution in [1.82, 2.24) is 0 Å². The predicted molar refractivity (Wildman–Crippen MR) is 79.5 cm³/mol. The molecule has 1 aromatic carbocycles. The molecule has 0 heterocycles. The van der Waals surface area contributed by atoms with Crippen LogP contribution in [0.15, 0.2) is 45.3 Å². The molecule has 92 valence electrons. The minimum absolute atomic E-state index is 0.256. The fraction of sp³-hybridized carbons (Fsp3) is 0.167. The summed E-state index contributed by atoms with van der Waals surface area (Å²) in [5.74, 6) is 0.848. The van der Waals surface area contributed by atoms with Gasteiger partial charge in [-0.3, -0.25) is 0 Å². The lowest BCUT2D eigenvalue weighted by atomic mass is 10.3. The SMILES string of the molecule is CC(=CC=C(Cl)Cl)CSc1ccc(N)c(N)c1. The molecule has 4 N–H and O–H groups in total. The van der Waals surface area contributed by atoms with E-state index in [1.54, 1.807) is 17.8 Å². The van der Waals surface area contributed by atoms with Gasteiger partial charge in [0.15, 0.2) is 0 Å². The Labute approximate surface area is 116 Å². The van der Waals surface area contributed by atoms with Gasteiger partial charge in [-0.1, -0.05) is 34.9 Å². The number of anilines is 2. The number of nitrogen functional groups attached to an aromatic ring is 2. The summed E-state index contributed by atoms with van der Waals surface area (Å²) in [6, 6.07) is 5.64. The van der Waals surface area contributed by atoms with E-state index in [0.29, 0.717) is 11.4 Å². The fourth-order valence-electron chi connectivity index (χ4n) is 1.09. The zero-order valence-electron chi connectivity index (χ0n) is 9.41. The number of benzene rings is 1. The molecule has 0 unspecified atom stereocenters. The van der Waals surface area contributed by atoms with Gasteiger partial charge in [0.1, 0.15) is 4.49 Å². The largest absolute Gasteiger partial charge is 0.397 e. The smallest absolute Gasteiger partial charge is 0.106 e. The Morgan fingerprint density at radius 1 is 1.24 bits per heavy atom. The van der Waals surface area contributed by atoms with Gasteiger partial charge in [0.25, 0.3) is 0 Å². The van der Waals surface area contributed by atoms with Crippen molar-refractivity contribution in [2.75, 3.05) is 17.2 Å². The highest BCUT2D eigenvalue weighted by Crippen LogP contribution is 2.25. The Hall–Kier alpha value is -0.770. The van der Waals surface area contributed by atoms with E-state index in [1.807, 2.05) is 31.2 Å². The van der Waals surface area contributed by atoms with Crippen LogP contribution in [0.5, 0.6) is 0 Å². The molecule has 0 aliphatic heterocycles. The zero-order chi connectivity index (χ0) is 12.8. The van der Waals surface area contributed by atoms with Crippen molar-refractivity contribution in [2.24, 2.45) is 0 Å². The summed E-state index contributed by atoms with van der Waals surface area (Å²) in [5.41, 5.74) is 13.8. The zero-order valence-corrected chi connectivity index (χ0v) is 11.7. The third-order valence-electron chi connectivity index (χ3n) is 2.02. The van der Waals surface area contributed by atoms with E-state index in [0.717, 1.165) is 10.6 Å². The van der Waals surface area contributed by atoms with Gasteiger partial charge >= 0.3 is 0 Å². The van der Waals surface area contributed by atoms with Crippen LogP contribution in [0.4, 0.5) is 11.4 Å². The molecule has 0 amide bonds. The van der Waals surface area contributed by atoms with E-state index >= 15 is 0 Å². The third-order valence-corrected chi connectivity index (χ3v) is 3.46. The Morgan fingerprint density at radius 3 is 2.53 bits per heavy atom. The molecule has 0 saturated carbocycles. The van der Waals surface area contributed by atoms with E-state index in [-0.39, 0.29) is 4.49 Å². The second kappa shape index (κ2) is 6.84. The van der Waals surface area contributed by atoms with Crippen LogP contribution >= 0.6 is 35.0 Å². The van der Waals surface area contributed by atoms with E-state index in [1.165, 1.54) is 5.57 Å². The van der Waals surface area contributed by atoms with Gasteiger partial charge in [-0.25, -0.2) is 0 Å². The number of hydrogen-bond donors (Lipinski definition) is 2. The van der Waals surface area contributed by atoms with Crippen molar-refractivity contribution in [3.63, 3.8) is 0 Å².